The van der Waals surface area contributed by atoms with E-state index in [-0.39, 0.29) is 17.2 Å². The molecular weight excluding hydrogens is 456 g/mol. The van der Waals surface area contributed by atoms with Crippen molar-refractivity contribution in [2.24, 2.45) is 5.10 Å². The molecule has 0 fully saturated rings. The molecule has 0 saturated carbocycles. The van der Waals surface area contributed by atoms with Crippen LogP contribution in [0.25, 0.3) is 15.9 Å². The van der Waals surface area contributed by atoms with Crippen LogP contribution in [0.5, 0.6) is 5.75 Å². The van der Waals surface area contributed by atoms with Crippen molar-refractivity contribution in [1.29, 1.82) is 0 Å². The summed E-state index contributed by atoms with van der Waals surface area (Å²) in [5, 5.41) is 5.10. The first-order valence-electron chi connectivity index (χ1n) is 10.1. The lowest BCUT2D eigenvalue weighted by Crippen LogP contribution is -2.24. The number of methoxy groups -OCH3 is 1. The largest absolute Gasteiger partial charge is 0.497 e. The lowest BCUT2D eigenvalue weighted by atomic mass is 10.2. The van der Waals surface area contributed by atoms with E-state index in [4.69, 9.17) is 9.72 Å². The zero-order valence-corrected chi connectivity index (χ0v) is 20.0. The van der Waals surface area contributed by atoms with Crippen molar-refractivity contribution in [3.8, 4) is 11.4 Å². The molecule has 0 aliphatic rings. The average molecular weight is 479 g/mol. The van der Waals surface area contributed by atoms with Crippen molar-refractivity contribution in [2.45, 2.75) is 19.0 Å². The number of ether oxygens (including phenoxy) is 1. The summed E-state index contributed by atoms with van der Waals surface area (Å²) >= 11 is 2.69. The minimum absolute atomic E-state index is 0.0636. The van der Waals surface area contributed by atoms with Gasteiger partial charge in [-0.3, -0.25) is 14.2 Å². The van der Waals surface area contributed by atoms with Crippen molar-refractivity contribution in [2.75, 3.05) is 12.9 Å². The molecule has 0 radical (unpaired) electrons. The number of hydrazone groups is 1. The highest BCUT2D eigenvalue weighted by Crippen LogP contribution is 2.29. The van der Waals surface area contributed by atoms with Crippen molar-refractivity contribution in [3.05, 3.63) is 81.0 Å². The van der Waals surface area contributed by atoms with Crippen LogP contribution in [0.4, 0.5) is 0 Å². The van der Waals surface area contributed by atoms with Crippen LogP contribution in [0.15, 0.2) is 69.6 Å². The molecule has 2 aromatic carbocycles. The molecule has 1 N–H and O–H groups in total. The van der Waals surface area contributed by atoms with Gasteiger partial charge < -0.3 is 4.74 Å². The molecule has 7 nitrogen and oxygen atoms in total. The molecule has 0 aliphatic heterocycles. The minimum atomic E-state index is -0.294. The number of hydrogen-bond acceptors (Lipinski definition) is 7. The van der Waals surface area contributed by atoms with Gasteiger partial charge in [-0.1, -0.05) is 30.0 Å². The molecule has 0 aliphatic carbocycles. The lowest BCUT2D eigenvalue weighted by Gasteiger charge is -2.12. The Morgan fingerprint density at radius 2 is 1.91 bits per heavy atom. The highest BCUT2D eigenvalue weighted by molar-refractivity contribution is 7.99. The fourth-order valence-electron chi connectivity index (χ4n) is 3.21. The monoisotopic (exact) mass is 478 g/mol. The third-order valence-electron chi connectivity index (χ3n) is 5.04. The number of nitrogens with one attached hydrogen (secondary N) is 1. The molecule has 2 aromatic heterocycles. The second kappa shape index (κ2) is 10.0. The zero-order chi connectivity index (χ0) is 23.4. The normalized spacial score (nSPS) is 11.2. The molecule has 0 saturated heterocycles. The fraction of sp³-hybridized carbons (Fsp3) is 0.167. The van der Waals surface area contributed by atoms with E-state index in [1.54, 1.807) is 17.9 Å². The Kier molecular flexibility index (Phi) is 6.90. The summed E-state index contributed by atoms with van der Waals surface area (Å²) in [5.74, 6) is 0.517. The van der Waals surface area contributed by atoms with Gasteiger partial charge >= 0.3 is 0 Å². The highest BCUT2D eigenvalue weighted by Gasteiger charge is 2.18. The number of hydrogen-bond donors (Lipinski definition) is 1. The van der Waals surface area contributed by atoms with Crippen molar-refractivity contribution < 1.29 is 9.53 Å². The molecule has 0 spiro atoms. The summed E-state index contributed by atoms with van der Waals surface area (Å²) in [6.45, 7) is 3.92. The molecule has 0 bridgehead atoms. The van der Waals surface area contributed by atoms with Gasteiger partial charge in [0.2, 0.25) is 0 Å². The van der Waals surface area contributed by atoms with E-state index in [0.717, 1.165) is 21.8 Å². The van der Waals surface area contributed by atoms with E-state index in [0.29, 0.717) is 21.1 Å². The van der Waals surface area contributed by atoms with Crippen LogP contribution in [-0.4, -0.2) is 34.5 Å². The predicted octanol–water partition coefficient (Wildman–Crippen LogP) is 4.32. The molecule has 9 heteroatoms. The number of para-hydroxylation sites is 1. The van der Waals surface area contributed by atoms with Crippen LogP contribution in [0.1, 0.15) is 16.0 Å². The molecule has 2 heterocycles. The van der Waals surface area contributed by atoms with E-state index in [9.17, 15) is 9.59 Å². The van der Waals surface area contributed by atoms with Crippen molar-refractivity contribution in [3.63, 3.8) is 0 Å². The van der Waals surface area contributed by atoms with E-state index in [1.165, 1.54) is 23.1 Å². The van der Waals surface area contributed by atoms with Crippen molar-refractivity contribution >= 4 is 45.4 Å². The molecule has 0 unspecified atom stereocenters. The van der Waals surface area contributed by atoms with Gasteiger partial charge in [-0.2, -0.15) is 5.10 Å². The van der Waals surface area contributed by atoms with Gasteiger partial charge in [-0.25, -0.2) is 10.4 Å². The average Bonchev–Trinajstić information content (AvgIpc) is 3.12. The maximum atomic E-state index is 13.4. The Morgan fingerprint density at radius 1 is 1.18 bits per heavy atom. The number of benzene rings is 2. The molecule has 4 aromatic rings. The number of fused-ring (bicyclic) bond motifs is 1. The minimum Gasteiger partial charge on any atom is -0.497 e. The van der Waals surface area contributed by atoms with E-state index < -0.39 is 0 Å². The number of thiophene rings is 1. The van der Waals surface area contributed by atoms with Crippen LogP contribution >= 0.6 is 23.1 Å². The Labute approximate surface area is 199 Å². The van der Waals surface area contributed by atoms with Crippen molar-refractivity contribution in [1.82, 2.24) is 15.0 Å². The standard InChI is InChI=1S/C24H22N4O3S2/c1-15-16(2)33-22-21(15)23(30)28(18-7-5-4-6-8-18)24(26-22)32-14-20(29)27-25-13-17-9-11-19(31-3)12-10-17/h4-13H,14H2,1-3H3,(H,27,29)/b25-13-. The summed E-state index contributed by atoms with van der Waals surface area (Å²) in [7, 11) is 1.60. The maximum absolute atomic E-state index is 13.4. The summed E-state index contributed by atoms with van der Waals surface area (Å²) < 4.78 is 6.69. The lowest BCUT2D eigenvalue weighted by molar-refractivity contribution is -0.118. The first kappa shape index (κ1) is 22.8. The fourth-order valence-corrected chi connectivity index (χ4v) is 5.08. The smallest absolute Gasteiger partial charge is 0.267 e. The van der Waals surface area contributed by atoms with E-state index in [2.05, 4.69) is 10.5 Å². The number of aromatic nitrogens is 2. The van der Waals surface area contributed by atoms with Gasteiger partial charge in [-0.05, 0) is 61.4 Å². The SMILES string of the molecule is COc1ccc(/C=N\NC(=O)CSc2nc3sc(C)c(C)c3c(=O)n2-c2ccccc2)cc1. The first-order chi connectivity index (χ1) is 16.0. The molecule has 0 atom stereocenters. The number of aryl methyl sites for hydroxylation is 2. The second-order valence-corrected chi connectivity index (χ2v) is 9.33. The number of amides is 1. The molecule has 4 rings (SSSR count). The van der Waals surface area contributed by atoms with Gasteiger partial charge in [0.1, 0.15) is 10.6 Å². The number of carbonyl (C=O) groups excluding carboxylic acids is 1. The van der Waals surface area contributed by atoms with Gasteiger partial charge in [0.05, 0.1) is 30.2 Å². The summed E-state index contributed by atoms with van der Waals surface area (Å²) in [6.07, 6.45) is 1.56. The molecule has 33 heavy (non-hydrogen) atoms. The Morgan fingerprint density at radius 3 is 2.61 bits per heavy atom. The van der Waals surface area contributed by atoms with Gasteiger partial charge in [0.25, 0.3) is 11.5 Å². The van der Waals surface area contributed by atoms with Gasteiger partial charge in [-0.15, -0.1) is 11.3 Å². The zero-order valence-electron chi connectivity index (χ0n) is 18.4. The Balaban J connectivity index is 1.54. The second-order valence-electron chi connectivity index (χ2n) is 7.19. The third-order valence-corrected chi connectivity index (χ3v) is 7.08. The number of carbonyl (C=O) groups is 1. The summed E-state index contributed by atoms with van der Waals surface area (Å²) in [5.41, 5.74) is 4.87. The third kappa shape index (κ3) is 4.99. The maximum Gasteiger partial charge on any atom is 0.267 e. The summed E-state index contributed by atoms with van der Waals surface area (Å²) in [6, 6.07) is 16.6. The van der Waals surface area contributed by atoms with Crippen LogP contribution in [0.3, 0.4) is 0 Å². The number of rotatable bonds is 7. The van der Waals surface area contributed by atoms with Gasteiger partial charge in [0, 0.05) is 4.88 Å². The number of thioether (sulfide) groups is 1. The highest BCUT2D eigenvalue weighted by atomic mass is 32.2. The number of nitrogens with zero attached hydrogens (tertiary/aromatic N) is 3. The van der Waals surface area contributed by atoms with E-state index >= 15 is 0 Å². The molecule has 1 amide bonds. The van der Waals surface area contributed by atoms with Crippen LogP contribution in [0, 0.1) is 13.8 Å². The van der Waals surface area contributed by atoms with Gasteiger partial charge in [0.15, 0.2) is 5.16 Å². The van der Waals surface area contributed by atoms with E-state index in [1.807, 2.05) is 68.4 Å². The van der Waals surface area contributed by atoms with Crippen LogP contribution < -0.4 is 15.7 Å². The van der Waals surface area contributed by atoms with Crippen LogP contribution in [0.2, 0.25) is 0 Å². The van der Waals surface area contributed by atoms with Crippen LogP contribution in [-0.2, 0) is 4.79 Å². The Bertz CT molecular complexity index is 1380. The molecule has 168 valence electrons. The predicted molar refractivity (Wildman–Crippen MR) is 134 cm³/mol. The summed E-state index contributed by atoms with van der Waals surface area (Å²) in [4.78, 5) is 32.2. The quantitative estimate of drug-likeness (QED) is 0.185. The topological polar surface area (TPSA) is 85.6 Å². The molecular formula is C24H22N4O3S2. The Hall–Kier alpha value is -3.43. The first-order valence-corrected chi connectivity index (χ1v) is 11.9.